The van der Waals surface area contributed by atoms with Crippen LogP contribution >= 0.6 is 0 Å². The van der Waals surface area contributed by atoms with Crippen LogP contribution in [0.15, 0.2) is 21.9 Å². The number of aromatic nitrogens is 2. The molecule has 1 fully saturated rings. The number of nitrogens with one attached hydrogen (secondary N) is 1. The van der Waals surface area contributed by atoms with Gasteiger partial charge in [0, 0.05) is 0 Å². The molecule has 0 radical (unpaired) electrons. The molecule has 0 aliphatic carbocycles. The fourth-order valence-electron chi connectivity index (χ4n) is 1.78. The Morgan fingerprint density at radius 1 is 1.56 bits per heavy atom. The van der Waals surface area contributed by atoms with Gasteiger partial charge in [0.05, 0.1) is 0 Å². The Morgan fingerprint density at radius 2 is 2.38 bits per heavy atom. The predicted octanol–water partition coefficient (Wildman–Crippen LogP) is -0.686. The van der Waals surface area contributed by atoms with Crippen LogP contribution in [-0.4, -0.2) is 48.5 Å². The van der Waals surface area contributed by atoms with Crippen molar-refractivity contribution in [2.24, 2.45) is 0 Å². The van der Waals surface area contributed by atoms with E-state index in [0.717, 1.165) is 12.8 Å². The molecule has 0 aromatic carbocycles. The summed E-state index contributed by atoms with van der Waals surface area (Å²) in [6.07, 6.45) is 2.90. The van der Waals surface area contributed by atoms with Crippen LogP contribution in [0.4, 0.5) is 0 Å². The average molecular weight is 416 g/mol. The molecule has 1 aromatic rings. The van der Waals surface area contributed by atoms with E-state index >= 15 is 0 Å². The molecule has 1 aromatic heterocycles. The molecular formula is C9H11N2O4Tl. The van der Waals surface area contributed by atoms with Gasteiger partial charge in [-0.1, -0.05) is 0 Å². The monoisotopic (exact) mass is 416 g/mol. The van der Waals surface area contributed by atoms with Gasteiger partial charge < -0.3 is 0 Å². The van der Waals surface area contributed by atoms with E-state index in [1.165, 1.54) is 16.8 Å². The minimum absolute atomic E-state index is 0.0637. The Morgan fingerprint density at radius 3 is 3.06 bits per heavy atom. The van der Waals surface area contributed by atoms with E-state index in [2.05, 4.69) is 4.98 Å². The van der Waals surface area contributed by atoms with Crippen LogP contribution < -0.4 is 11.2 Å². The van der Waals surface area contributed by atoms with E-state index in [9.17, 15) is 9.59 Å². The van der Waals surface area contributed by atoms with E-state index in [1.54, 1.807) is 0 Å². The third-order valence-corrected chi connectivity index (χ3v) is 3.28. The summed E-state index contributed by atoms with van der Waals surface area (Å²) < 4.78 is 12.2. The number of hydrogen-bond acceptors (Lipinski definition) is 4. The van der Waals surface area contributed by atoms with Crippen molar-refractivity contribution in [3.05, 3.63) is 33.1 Å². The molecule has 7 heteroatoms. The van der Waals surface area contributed by atoms with Crippen LogP contribution in [0.3, 0.4) is 0 Å². The summed E-state index contributed by atoms with van der Waals surface area (Å²) in [5, 5.41) is 0. The molecule has 1 aliphatic heterocycles. The number of ether oxygens (including phenoxy) is 1. The first-order valence-corrected chi connectivity index (χ1v) is 6.82. The Balaban J connectivity index is 2.14. The average Bonchev–Trinajstić information content (AvgIpc) is 2.67. The van der Waals surface area contributed by atoms with Crippen molar-refractivity contribution in [3.63, 3.8) is 0 Å². The van der Waals surface area contributed by atoms with Crippen molar-refractivity contribution in [1.82, 2.24) is 9.55 Å². The van der Waals surface area contributed by atoms with Crippen LogP contribution in [0, 0.1) is 0 Å². The summed E-state index contributed by atoms with van der Waals surface area (Å²) in [4.78, 5) is 24.6. The standard InChI is InChI=1S/C9H11N2O4.Tl/c12-5-6-1-2-8(15-6)11-4-3-7(13)10-9(11)14;/h3-4,6,8H,1-2,5H2,(H,10,13,14);/q-1;+1/t6-,8+;/m0./s1. The van der Waals surface area contributed by atoms with Gasteiger partial charge in [-0.25, -0.2) is 0 Å². The Labute approximate surface area is 108 Å². The van der Waals surface area contributed by atoms with E-state index in [1.807, 2.05) is 0 Å². The molecule has 1 saturated heterocycles. The van der Waals surface area contributed by atoms with E-state index in [4.69, 9.17) is 7.42 Å². The molecule has 16 heavy (non-hydrogen) atoms. The summed E-state index contributed by atoms with van der Waals surface area (Å²) in [5.74, 6) is 0. The molecule has 2 rings (SSSR count). The van der Waals surface area contributed by atoms with Gasteiger partial charge in [-0.05, 0) is 0 Å². The third-order valence-electron chi connectivity index (χ3n) is 2.53. The topological polar surface area (TPSA) is 73.3 Å². The van der Waals surface area contributed by atoms with Crippen molar-refractivity contribution in [1.29, 1.82) is 0 Å². The number of nitrogens with zero attached hydrogens (tertiary/aromatic N) is 1. The first kappa shape index (κ1) is 12.0. The maximum absolute atomic E-state index is 11.5. The molecule has 0 spiro atoms. The Bertz CT molecular complexity index is 469. The van der Waals surface area contributed by atoms with Crippen molar-refractivity contribution >= 4 is 26.2 Å². The van der Waals surface area contributed by atoms with Crippen LogP contribution in [0.1, 0.15) is 19.1 Å². The molecule has 1 aliphatic rings. The molecule has 0 amide bonds. The summed E-state index contributed by atoms with van der Waals surface area (Å²) in [7, 11) is 0. The van der Waals surface area contributed by atoms with Gasteiger partial charge in [0.1, 0.15) is 0 Å². The molecule has 6 nitrogen and oxygen atoms in total. The SMILES string of the molecule is O=c1ccn([C@H]2CC[C@@H](C[O][Tl])O2)c(=O)[nH]1. The molecular weight excluding hydrogens is 404 g/mol. The minimum atomic E-state index is -0.424. The number of rotatable bonds is 3. The number of hydrogen-bond donors (Lipinski definition) is 1. The van der Waals surface area contributed by atoms with Crippen LogP contribution in [0.5, 0.6) is 0 Å². The Hall–Kier alpha value is -0.478. The van der Waals surface area contributed by atoms with Crippen LogP contribution in [0.2, 0.25) is 0 Å². The van der Waals surface area contributed by atoms with Gasteiger partial charge >= 0.3 is 108 Å². The normalized spacial score (nSPS) is 24.7. The molecule has 0 bridgehead atoms. The van der Waals surface area contributed by atoms with E-state index < -0.39 is 5.69 Å². The van der Waals surface area contributed by atoms with Gasteiger partial charge in [-0.15, -0.1) is 0 Å². The molecule has 0 unspecified atom stereocenters. The van der Waals surface area contributed by atoms with Gasteiger partial charge in [0.2, 0.25) is 0 Å². The quantitative estimate of drug-likeness (QED) is 0.664. The van der Waals surface area contributed by atoms with Crippen molar-refractivity contribution < 1.29 is 7.42 Å². The van der Waals surface area contributed by atoms with E-state index in [0.29, 0.717) is 32.8 Å². The number of H-pyrrole nitrogens is 1. The fraction of sp³-hybridized carbons (Fsp3) is 0.556. The summed E-state index contributed by atoms with van der Waals surface area (Å²) >= 11 is 0.503. The van der Waals surface area contributed by atoms with Gasteiger partial charge in [-0.2, -0.15) is 0 Å². The number of aromatic amines is 1. The predicted molar refractivity (Wildman–Crippen MR) is 56.2 cm³/mol. The van der Waals surface area contributed by atoms with Gasteiger partial charge in [0.25, 0.3) is 0 Å². The van der Waals surface area contributed by atoms with Crippen molar-refractivity contribution in [2.75, 3.05) is 6.61 Å². The first-order valence-electron chi connectivity index (χ1n) is 4.99. The second-order valence-electron chi connectivity index (χ2n) is 3.64. The first-order chi connectivity index (χ1) is 7.70. The molecule has 1 N–H and O–H groups in total. The summed E-state index contributed by atoms with van der Waals surface area (Å²) in [6, 6.07) is 1.32. The van der Waals surface area contributed by atoms with Crippen molar-refractivity contribution in [3.8, 4) is 0 Å². The zero-order chi connectivity index (χ0) is 11.5. The second-order valence-corrected chi connectivity index (χ2v) is 4.94. The van der Waals surface area contributed by atoms with Gasteiger partial charge in [0.15, 0.2) is 0 Å². The van der Waals surface area contributed by atoms with Crippen molar-refractivity contribution in [2.45, 2.75) is 25.2 Å². The summed E-state index contributed by atoms with van der Waals surface area (Å²) in [6.45, 7) is 0.596. The molecule has 2 heterocycles. The van der Waals surface area contributed by atoms with Crippen LogP contribution in [0.25, 0.3) is 0 Å². The molecule has 84 valence electrons. The van der Waals surface area contributed by atoms with Gasteiger partial charge in [-0.3, -0.25) is 0 Å². The molecule has 0 saturated carbocycles. The zero-order valence-electron chi connectivity index (χ0n) is 8.59. The Kier molecular flexibility index (Phi) is 3.92. The second kappa shape index (κ2) is 5.23. The zero-order valence-corrected chi connectivity index (χ0v) is 13.1. The molecule has 2 atom stereocenters. The summed E-state index contributed by atoms with van der Waals surface area (Å²) in [5.41, 5.74) is -0.813. The van der Waals surface area contributed by atoms with Crippen LogP contribution in [-0.2, 0) is 7.42 Å². The fourth-order valence-corrected chi connectivity index (χ4v) is 2.61. The third kappa shape index (κ3) is 2.61. The maximum atomic E-state index is 11.5. The van der Waals surface area contributed by atoms with E-state index in [-0.39, 0.29) is 17.9 Å².